The third-order valence-electron chi connectivity index (χ3n) is 0.560. The standard InChI is InChI=1S/C3H8O3S2.CH4O3S.K/c4-8(5,6)3-1-2-7;1-5(2,3)4;/h7H,1-3H2,(H,4,5,6);1H3,(H,2,3,4);/q;;+1/p-1. The van der Waals surface area contributed by atoms with Crippen LogP contribution in [-0.4, -0.2) is 43.7 Å². The molecule has 0 unspecified atom stereocenters. The van der Waals surface area contributed by atoms with Crippen molar-refractivity contribution in [1.29, 1.82) is 0 Å². The first-order valence-corrected chi connectivity index (χ1v) is 7.09. The minimum Gasteiger partial charge on any atom is -0.748 e. The molecule has 10 heteroatoms. The zero-order valence-electron chi connectivity index (χ0n) is 7.87. The molecular weight excluding hydrogens is 279 g/mol. The van der Waals surface area contributed by atoms with Gasteiger partial charge >= 0.3 is 51.4 Å². The summed E-state index contributed by atoms with van der Waals surface area (Å²) in [6.07, 6.45) is 1.01. The molecule has 0 aromatic rings. The van der Waals surface area contributed by atoms with Gasteiger partial charge in [0.05, 0.1) is 15.9 Å². The Kier molecular flexibility index (Phi) is 15.1. The zero-order valence-corrected chi connectivity index (χ0v) is 13.5. The summed E-state index contributed by atoms with van der Waals surface area (Å²) < 4.78 is 55.1. The van der Waals surface area contributed by atoms with E-state index in [1.54, 1.807) is 0 Å². The van der Waals surface area contributed by atoms with E-state index < -0.39 is 20.2 Å². The van der Waals surface area contributed by atoms with Crippen LogP contribution in [0.25, 0.3) is 0 Å². The largest absolute Gasteiger partial charge is 1.00 e. The van der Waals surface area contributed by atoms with Crippen molar-refractivity contribution in [3.63, 3.8) is 0 Å². The smallest absolute Gasteiger partial charge is 0.748 e. The summed E-state index contributed by atoms with van der Waals surface area (Å²) in [6.45, 7) is 0. The van der Waals surface area contributed by atoms with Crippen molar-refractivity contribution in [2.75, 3.05) is 17.8 Å². The van der Waals surface area contributed by atoms with Crippen molar-refractivity contribution in [2.45, 2.75) is 6.42 Å². The quantitative estimate of drug-likeness (QED) is 0.315. The fourth-order valence-electron chi connectivity index (χ4n) is 0.247. The molecule has 0 heterocycles. The van der Waals surface area contributed by atoms with Crippen LogP contribution in [0.15, 0.2) is 0 Å². The molecule has 0 radical (unpaired) electrons. The molecule has 82 valence electrons. The maximum atomic E-state index is 9.91. The summed E-state index contributed by atoms with van der Waals surface area (Å²) in [5.41, 5.74) is 0. The monoisotopic (exact) mass is 290 g/mol. The molecule has 0 aliphatic carbocycles. The van der Waals surface area contributed by atoms with E-state index in [1.165, 1.54) is 0 Å². The topological polar surface area (TPSA) is 112 Å². The van der Waals surface area contributed by atoms with Gasteiger partial charge in [0.15, 0.2) is 0 Å². The Morgan fingerprint density at radius 1 is 1.29 bits per heavy atom. The first-order chi connectivity index (χ1) is 5.56. The van der Waals surface area contributed by atoms with E-state index >= 15 is 0 Å². The van der Waals surface area contributed by atoms with E-state index in [1.807, 2.05) is 0 Å². The van der Waals surface area contributed by atoms with Crippen LogP contribution in [-0.2, 0) is 20.2 Å². The van der Waals surface area contributed by atoms with Gasteiger partial charge in [0.2, 0.25) is 0 Å². The van der Waals surface area contributed by atoms with Gasteiger partial charge in [-0.2, -0.15) is 21.0 Å². The van der Waals surface area contributed by atoms with Crippen LogP contribution >= 0.6 is 12.6 Å². The van der Waals surface area contributed by atoms with Gasteiger partial charge in [-0.05, 0) is 12.2 Å². The van der Waals surface area contributed by atoms with Crippen LogP contribution < -0.4 is 51.4 Å². The molecule has 0 spiro atoms. The summed E-state index contributed by atoms with van der Waals surface area (Å²) >= 11 is 3.76. The van der Waals surface area contributed by atoms with Gasteiger partial charge in [-0.15, -0.1) is 0 Å². The van der Waals surface area contributed by atoms with Crippen LogP contribution in [0.1, 0.15) is 6.42 Å². The number of rotatable bonds is 3. The predicted octanol–water partition coefficient (Wildman–Crippen LogP) is -3.64. The molecule has 0 atom stereocenters. The summed E-state index contributed by atoms with van der Waals surface area (Å²) in [5.74, 6) is 0.302. The molecule has 0 aromatic carbocycles. The average Bonchev–Trinajstić information content (AvgIpc) is 1.77. The molecule has 1 N–H and O–H groups in total. The molecule has 0 aliphatic rings. The maximum absolute atomic E-state index is 9.91. The van der Waals surface area contributed by atoms with E-state index in [4.69, 9.17) is 17.5 Å². The van der Waals surface area contributed by atoms with Gasteiger partial charge in [-0.1, -0.05) is 0 Å². The van der Waals surface area contributed by atoms with Crippen LogP contribution in [0, 0.1) is 0 Å². The summed E-state index contributed by atoms with van der Waals surface area (Å²) in [5, 5.41) is 0. The van der Waals surface area contributed by atoms with Crippen molar-refractivity contribution >= 4 is 32.9 Å². The van der Waals surface area contributed by atoms with Crippen molar-refractivity contribution in [1.82, 2.24) is 0 Å². The Balaban J connectivity index is -0.000000177. The van der Waals surface area contributed by atoms with Crippen molar-refractivity contribution in [2.24, 2.45) is 0 Å². The molecule has 0 aromatic heterocycles. The van der Waals surface area contributed by atoms with Crippen molar-refractivity contribution in [3.8, 4) is 0 Å². The fourth-order valence-corrected chi connectivity index (χ4v) is 1.13. The van der Waals surface area contributed by atoms with E-state index in [2.05, 4.69) is 12.6 Å². The van der Waals surface area contributed by atoms with Crippen LogP contribution in [0.4, 0.5) is 0 Å². The first kappa shape index (κ1) is 21.1. The summed E-state index contributed by atoms with van der Waals surface area (Å²) in [6, 6.07) is 0. The minimum absolute atomic E-state index is 0. The molecule has 0 saturated heterocycles. The van der Waals surface area contributed by atoms with Crippen LogP contribution in [0.5, 0.6) is 0 Å². The SMILES string of the molecule is CS(=O)(=O)[O-].O=S(=O)(O)CCCS.[K+]. The van der Waals surface area contributed by atoms with E-state index in [0.717, 1.165) is 0 Å². The normalized spacial score (nSPS) is 10.9. The van der Waals surface area contributed by atoms with Gasteiger partial charge < -0.3 is 4.55 Å². The second kappa shape index (κ2) is 9.99. The third kappa shape index (κ3) is 48.9. The number of thiol groups is 1. The maximum Gasteiger partial charge on any atom is 1.00 e. The molecule has 0 bridgehead atoms. The molecule has 0 saturated carbocycles. The van der Waals surface area contributed by atoms with Gasteiger partial charge in [0.1, 0.15) is 0 Å². The van der Waals surface area contributed by atoms with Crippen molar-refractivity contribution < 1.29 is 77.3 Å². The minimum atomic E-state index is -3.92. The molecule has 0 amide bonds. The second-order valence-corrected chi connectivity index (χ2v) is 5.49. The Morgan fingerprint density at radius 3 is 1.64 bits per heavy atom. The fraction of sp³-hybridized carbons (Fsp3) is 1.00. The Hall–Kier alpha value is 1.81. The van der Waals surface area contributed by atoms with Crippen LogP contribution in [0.3, 0.4) is 0 Å². The summed E-state index contributed by atoms with van der Waals surface area (Å²) in [4.78, 5) is 0. The van der Waals surface area contributed by atoms with E-state index in [-0.39, 0.29) is 57.1 Å². The zero-order chi connectivity index (χ0) is 11.1. The summed E-state index contributed by atoms with van der Waals surface area (Å²) in [7, 11) is -7.65. The van der Waals surface area contributed by atoms with Gasteiger partial charge in [0, 0.05) is 6.26 Å². The number of hydrogen-bond donors (Lipinski definition) is 2. The number of hydrogen-bond acceptors (Lipinski definition) is 6. The Morgan fingerprint density at radius 2 is 1.57 bits per heavy atom. The molecule has 6 nitrogen and oxygen atoms in total. The second-order valence-electron chi connectivity index (χ2n) is 2.07. The molecule has 0 rings (SSSR count). The van der Waals surface area contributed by atoms with E-state index in [0.29, 0.717) is 18.4 Å². The third-order valence-corrected chi connectivity index (χ3v) is 1.68. The molecule has 14 heavy (non-hydrogen) atoms. The molecule has 0 aliphatic heterocycles. The van der Waals surface area contributed by atoms with Gasteiger partial charge in [-0.25, -0.2) is 8.42 Å². The molecular formula is C4H11KO6S3. The Bertz CT molecular complexity index is 298. The van der Waals surface area contributed by atoms with Crippen molar-refractivity contribution in [3.05, 3.63) is 0 Å². The van der Waals surface area contributed by atoms with E-state index in [9.17, 15) is 8.42 Å². The average molecular weight is 290 g/mol. The first-order valence-electron chi connectivity index (χ1n) is 3.03. The Labute approximate surface area is 132 Å². The van der Waals surface area contributed by atoms with Crippen LogP contribution in [0.2, 0.25) is 0 Å². The van der Waals surface area contributed by atoms with Gasteiger partial charge in [-0.3, -0.25) is 4.55 Å². The molecule has 0 fully saturated rings. The predicted molar refractivity (Wildman–Crippen MR) is 50.5 cm³/mol. The van der Waals surface area contributed by atoms with Gasteiger partial charge in [0.25, 0.3) is 10.1 Å².